The average Bonchev–Trinajstić information content (AvgIpc) is 3.27. The Bertz CT molecular complexity index is 430. The molecule has 4 heteroatoms. The molecule has 0 aliphatic heterocycles. The van der Waals surface area contributed by atoms with Crippen molar-refractivity contribution in [1.82, 2.24) is 10.2 Å². The van der Waals surface area contributed by atoms with Crippen molar-refractivity contribution in [3.8, 4) is 5.75 Å². The van der Waals surface area contributed by atoms with Gasteiger partial charge in [-0.1, -0.05) is 18.2 Å². The zero-order valence-corrected chi connectivity index (χ0v) is 11.7. The quantitative estimate of drug-likeness (QED) is 0.756. The first-order chi connectivity index (χ1) is 9.22. The van der Waals surface area contributed by atoms with E-state index in [4.69, 9.17) is 4.74 Å². The molecule has 1 fully saturated rings. The highest BCUT2D eigenvalue weighted by molar-refractivity contribution is 5.78. The fourth-order valence-electron chi connectivity index (χ4n) is 2.12. The Balaban J connectivity index is 1.70. The van der Waals surface area contributed by atoms with Gasteiger partial charge in [-0.2, -0.15) is 0 Å². The Hall–Kier alpha value is -1.55. The summed E-state index contributed by atoms with van der Waals surface area (Å²) in [5.74, 6) is 1.09. The summed E-state index contributed by atoms with van der Waals surface area (Å²) in [5, 5.41) is 3.20. The van der Waals surface area contributed by atoms with Gasteiger partial charge in [-0.15, -0.1) is 0 Å². The van der Waals surface area contributed by atoms with E-state index in [2.05, 4.69) is 11.4 Å². The topological polar surface area (TPSA) is 41.6 Å². The zero-order valence-electron chi connectivity index (χ0n) is 11.7. The highest BCUT2D eigenvalue weighted by Gasteiger charge is 2.28. The number of ether oxygens (including phenoxy) is 1. The number of methoxy groups -OCH3 is 1. The summed E-state index contributed by atoms with van der Waals surface area (Å²) in [7, 11) is 3.57. The molecule has 19 heavy (non-hydrogen) atoms. The predicted molar refractivity (Wildman–Crippen MR) is 75.4 cm³/mol. The van der Waals surface area contributed by atoms with Crippen molar-refractivity contribution in [1.29, 1.82) is 0 Å². The molecule has 0 heterocycles. The molecule has 104 valence electrons. The fourth-order valence-corrected chi connectivity index (χ4v) is 2.12. The minimum atomic E-state index is 0.183. The van der Waals surface area contributed by atoms with E-state index in [9.17, 15) is 4.79 Å². The van der Waals surface area contributed by atoms with E-state index in [1.54, 1.807) is 7.11 Å². The van der Waals surface area contributed by atoms with Gasteiger partial charge in [-0.05, 0) is 37.4 Å². The lowest BCUT2D eigenvalue weighted by Gasteiger charge is -2.16. The molecule has 1 aliphatic carbocycles. The van der Waals surface area contributed by atoms with Crippen molar-refractivity contribution >= 4 is 5.91 Å². The molecule has 0 atom stereocenters. The lowest BCUT2D eigenvalue weighted by atomic mass is 10.1. The number of amides is 1. The van der Waals surface area contributed by atoms with Crippen LogP contribution in [0.15, 0.2) is 24.3 Å². The summed E-state index contributed by atoms with van der Waals surface area (Å²) in [6.07, 6.45) is 3.18. The molecule has 0 radical (unpaired) electrons. The van der Waals surface area contributed by atoms with E-state index >= 15 is 0 Å². The highest BCUT2D eigenvalue weighted by atomic mass is 16.5. The first-order valence-corrected chi connectivity index (χ1v) is 6.80. The Morgan fingerprint density at radius 1 is 1.42 bits per heavy atom. The number of likely N-dealkylation sites (N-methyl/N-ethyl adjacent to an activating group) is 1. The van der Waals surface area contributed by atoms with Crippen molar-refractivity contribution in [3.63, 3.8) is 0 Å². The molecule has 0 bridgehead atoms. The summed E-state index contributed by atoms with van der Waals surface area (Å²) in [6, 6.07) is 8.47. The predicted octanol–water partition coefficient (Wildman–Crippen LogP) is 1.45. The van der Waals surface area contributed by atoms with Gasteiger partial charge in [0.2, 0.25) is 5.91 Å². The number of hydrogen-bond donors (Lipinski definition) is 1. The van der Waals surface area contributed by atoms with Gasteiger partial charge in [0, 0.05) is 13.1 Å². The van der Waals surface area contributed by atoms with Gasteiger partial charge in [0.1, 0.15) is 5.75 Å². The minimum Gasteiger partial charge on any atom is -0.496 e. The van der Waals surface area contributed by atoms with Crippen molar-refractivity contribution < 1.29 is 9.53 Å². The van der Waals surface area contributed by atoms with Crippen LogP contribution < -0.4 is 10.1 Å². The van der Waals surface area contributed by atoms with E-state index in [1.807, 2.05) is 30.1 Å². The fraction of sp³-hybridized carbons (Fsp3) is 0.533. The second-order valence-corrected chi connectivity index (χ2v) is 4.97. The van der Waals surface area contributed by atoms with Crippen LogP contribution in [0.4, 0.5) is 0 Å². The molecule has 0 unspecified atom stereocenters. The molecule has 1 aromatic rings. The number of carbonyl (C=O) groups excluding carboxylic acids is 1. The summed E-state index contributed by atoms with van der Waals surface area (Å²) < 4.78 is 5.30. The largest absolute Gasteiger partial charge is 0.496 e. The van der Waals surface area contributed by atoms with Crippen molar-refractivity contribution in [3.05, 3.63) is 29.8 Å². The number of para-hydroxylation sites is 1. The molecule has 0 saturated heterocycles. The number of hydrogen-bond acceptors (Lipinski definition) is 3. The Kier molecular flexibility index (Phi) is 4.80. The lowest BCUT2D eigenvalue weighted by molar-refractivity contribution is -0.129. The molecule has 1 aliphatic rings. The van der Waals surface area contributed by atoms with Crippen LogP contribution in [0.5, 0.6) is 5.75 Å². The molecule has 1 N–H and O–H groups in total. The SMILES string of the molecule is COc1ccccc1CCNCC(=O)N(C)C1CC1. The van der Waals surface area contributed by atoms with E-state index in [1.165, 1.54) is 5.56 Å². The van der Waals surface area contributed by atoms with Crippen LogP contribution >= 0.6 is 0 Å². The van der Waals surface area contributed by atoms with Crippen LogP contribution in [0.25, 0.3) is 0 Å². The van der Waals surface area contributed by atoms with Gasteiger partial charge in [-0.3, -0.25) is 4.79 Å². The van der Waals surface area contributed by atoms with Crippen LogP contribution in [-0.4, -0.2) is 44.1 Å². The van der Waals surface area contributed by atoms with Crippen molar-refractivity contribution in [2.75, 3.05) is 27.2 Å². The molecule has 1 saturated carbocycles. The third-order valence-corrected chi connectivity index (χ3v) is 3.53. The molecule has 2 rings (SSSR count). The molecular weight excluding hydrogens is 240 g/mol. The maximum absolute atomic E-state index is 11.8. The van der Waals surface area contributed by atoms with E-state index in [0.29, 0.717) is 12.6 Å². The third kappa shape index (κ3) is 3.96. The second-order valence-electron chi connectivity index (χ2n) is 4.97. The van der Waals surface area contributed by atoms with Crippen LogP contribution in [0.2, 0.25) is 0 Å². The van der Waals surface area contributed by atoms with E-state index in [0.717, 1.165) is 31.6 Å². The van der Waals surface area contributed by atoms with E-state index in [-0.39, 0.29) is 5.91 Å². The Morgan fingerprint density at radius 3 is 2.84 bits per heavy atom. The smallest absolute Gasteiger partial charge is 0.236 e. The monoisotopic (exact) mass is 262 g/mol. The Morgan fingerprint density at radius 2 is 2.16 bits per heavy atom. The van der Waals surface area contributed by atoms with Gasteiger partial charge in [-0.25, -0.2) is 0 Å². The molecule has 1 amide bonds. The van der Waals surface area contributed by atoms with Crippen LogP contribution in [0.3, 0.4) is 0 Å². The van der Waals surface area contributed by atoms with Crippen molar-refractivity contribution in [2.45, 2.75) is 25.3 Å². The van der Waals surface area contributed by atoms with Crippen LogP contribution in [-0.2, 0) is 11.2 Å². The first-order valence-electron chi connectivity index (χ1n) is 6.80. The zero-order chi connectivity index (χ0) is 13.7. The van der Waals surface area contributed by atoms with E-state index < -0.39 is 0 Å². The molecule has 0 aromatic heterocycles. The molecular formula is C15H22N2O2. The number of carbonyl (C=O) groups is 1. The summed E-state index contributed by atoms with van der Waals surface area (Å²) in [4.78, 5) is 13.7. The summed E-state index contributed by atoms with van der Waals surface area (Å²) in [5.41, 5.74) is 1.17. The summed E-state index contributed by atoms with van der Waals surface area (Å²) >= 11 is 0. The standard InChI is InChI=1S/C15H22N2O2/c1-17(13-7-8-13)15(18)11-16-10-9-12-5-3-4-6-14(12)19-2/h3-6,13,16H,7-11H2,1-2H3. The van der Waals surface area contributed by atoms with Gasteiger partial charge in [0.25, 0.3) is 0 Å². The Labute approximate surface area is 114 Å². The number of benzene rings is 1. The maximum atomic E-state index is 11.8. The third-order valence-electron chi connectivity index (χ3n) is 3.53. The average molecular weight is 262 g/mol. The first kappa shape index (κ1) is 13.9. The van der Waals surface area contributed by atoms with Gasteiger partial charge < -0.3 is 15.0 Å². The van der Waals surface area contributed by atoms with Gasteiger partial charge >= 0.3 is 0 Å². The summed E-state index contributed by atoms with van der Waals surface area (Å²) in [6.45, 7) is 1.20. The van der Waals surface area contributed by atoms with Gasteiger partial charge in [0.15, 0.2) is 0 Å². The number of rotatable bonds is 7. The highest BCUT2D eigenvalue weighted by Crippen LogP contribution is 2.25. The lowest BCUT2D eigenvalue weighted by Crippen LogP contribution is -2.37. The molecule has 4 nitrogen and oxygen atoms in total. The minimum absolute atomic E-state index is 0.183. The number of nitrogens with one attached hydrogen (secondary N) is 1. The normalized spacial score (nSPS) is 14.2. The van der Waals surface area contributed by atoms with Crippen LogP contribution in [0.1, 0.15) is 18.4 Å². The van der Waals surface area contributed by atoms with Crippen molar-refractivity contribution in [2.24, 2.45) is 0 Å². The molecule has 0 spiro atoms. The molecule has 1 aromatic carbocycles. The van der Waals surface area contributed by atoms with Crippen LogP contribution in [0, 0.1) is 0 Å². The maximum Gasteiger partial charge on any atom is 0.236 e. The van der Waals surface area contributed by atoms with Gasteiger partial charge in [0.05, 0.1) is 13.7 Å². The number of nitrogens with zero attached hydrogens (tertiary/aromatic N) is 1. The second kappa shape index (κ2) is 6.57.